The highest BCUT2D eigenvalue weighted by Crippen LogP contribution is 1.91. The monoisotopic (exact) mass is 113 g/mol. The van der Waals surface area contributed by atoms with Gasteiger partial charge in [-0.1, -0.05) is 0 Å². The van der Waals surface area contributed by atoms with E-state index < -0.39 is 0 Å². The summed E-state index contributed by atoms with van der Waals surface area (Å²) in [6.07, 6.45) is 0. The minimum Gasteiger partial charge on any atom is -0.309 e. The molecule has 1 N–H and O–H groups in total. The van der Waals surface area contributed by atoms with E-state index in [-0.39, 0.29) is 0 Å². The minimum absolute atomic E-state index is 0.596. The molecule has 1 heterocycles. The Bertz CT molecular complexity index is 64.9. The van der Waals surface area contributed by atoms with Gasteiger partial charge in [0.25, 0.3) is 0 Å². The van der Waals surface area contributed by atoms with Crippen molar-refractivity contribution in [2.75, 3.05) is 13.1 Å². The summed E-state index contributed by atoms with van der Waals surface area (Å²) in [5, 5.41) is 7.66. The summed E-state index contributed by atoms with van der Waals surface area (Å²) in [4.78, 5) is 0. The van der Waals surface area contributed by atoms with Crippen molar-refractivity contribution in [2.45, 2.75) is 25.9 Å². The van der Waals surface area contributed by atoms with Gasteiger partial charge in [0.2, 0.25) is 0 Å². The van der Waals surface area contributed by atoms with E-state index in [4.69, 9.17) is 0 Å². The van der Waals surface area contributed by atoms with Gasteiger partial charge in [-0.3, -0.25) is 0 Å². The Labute approximate surface area is 50.7 Å². The van der Waals surface area contributed by atoms with Gasteiger partial charge in [0.1, 0.15) is 0 Å². The van der Waals surface area contributed by atoms with Crippen LogP contribution in [0.4, 0.5) is 0 Å². The molecule has 2 unspecified atom stereocenters. The van der Waals surface area contributed by atoms with Crippen molar-refractivity contribution in [3.8, 4) is 0 Å². The summed E-state index contributed by atoms with van der Waals surface area (Å²) < 4.78 is 0. The normalized spacial score (nSPS) is 39.8. The second-order valence-corrected chi connectivity index (χ2v) is 2.56. The Morgan fingerprint density at radius 3 is 2.00 bits per heavy atom. The van der Waals surface area contributed by atoms with Crippen LogP contribution in [-0.2, 0) is 0 Å². The van der Waals surface area contributed by atoms with Gasteiger partial charge in [-0.25, -0.2) is 5.32 Å². The summed E-state index contributed by atoms with van der Waals surface area (Å²) in [6, 6.07) is 1.19. The fourth-order valence-electron chi connectivity index (χ4n) is 1.05. The van der Waals surface area contributed by atoms with Crippen LogP contribution in [-0.4, -0.2) is 25.2 Å². The Morgan fingerprint density at radius 2 is 1.75 bits per heavy atom. The van der Waals surface area contributed by atoms with E-state index in [1.165, 1.54) is 0 Å². The number of hydrogen-bond acceptors (Lipinski definition) is 1. The van der Waals surface area contributed by atoms with E-state index >= 15 is 0 Å². The van der Waals surface area contributed by atoms with Gasteiger partial charge < -0.3 is 5.32 Å². The molecule has 1 saturated heterocycles. The summed E-state index contributed by atoms with van der Waals surface area (Å²) in [5.41, 5.74) is 0. The summed E-state index contributed by atoms with van der Waals surface area (Å²) in [7, 11) is 0. The molecule has 0 aromatic carbocycles. The third-order valence-electron chi connectivity index (χ3n) is 1.37. The van der Waals surface area contributed by atoms with Gasteiger partial charge >= 0.3 is 0 Å². The lowest BCUT2D eigenvalue weighted by Gasteiger charge is -2.25. The molecule has 1 radical (unpaired) electrons. The standard InChI is InChI=1S/C6H13N2/c1-5-3-7-4-6(2)8-5/h5-6,8H,3-4H2,1-2H3. The predicted octanol–water partition coefficient (Wildman–Crippen LogP) is -0.0290. The van der Waals surface area contributed by atoms with E-state index in [9.17, 15) is 0 Å². The van der Waals surface area contributed by atoms with Crippen molar-refractivity contribution in [2.24, 2.45) is 0 Å². The molecule has 0 saturated carbocycles. The highest BCUT2D eigenvalue weighted by Gasteiger charge is 2.12. The molecule has 2 nitrogen and oxygen atoms in total. The first kappa shape index (κ1) is 6.05. The summed E-state index contributed by atoms with van der Waals surface area (Å²) in [6.45, 7) is 6.31. The van der Waals surface area contributed by atoms with Crippen LogP contribution in [0.3, 0.4) is 0 Å². The van der Waals surface area contributed by atoms with Gasteiger partial charge in [0.15, 0.2) is 0 Å². The van der Waals surface area contributed by atoms with Gasteiger partial charge in [0.05, 0.1) is 0 Å². The van der Waals surface area contributed by atoms with Crippen molar-refractivity contribution >= 4 is 0 Å². The van der Waals surface area contributed by atoms with Crippen LogP contribution >= 0.6 is 0 Å². The molecule has 1 fully saturated rings. The number of rotatable bonds is 0. The quantitative estimate of drug-likeness (QED) is 0.469. The fourth-order valence-corrected chi connectivity index (χ4v) is 1.05. The average molecular weight is 113 g/mol. The van der Waals surface area contributed by atoms with E-state index in [2.05, 4.69) is 24.5 Å². The van der Waals surface area contributed by atoms with Crippen LogP contribution in [0, 0.1) is 0 Å². The Balaban J connectivity index is 2.23. The maximum absolute atomic E-state index is 4.28. The number of nitrogens with zero attached hydrogens (tertiary/aromatic N) is 1. The average Bonchev–Trinajstić information content (AvgIpc) is 1.64. The molecule has 0 aromatic heterocycles. The zero-order chi connectivity index (χ0) is 5.98. The van der Waals surface area contributed by atoms with E-state index in [1.54, 1.807) is 0 Å². The van der Waals surface area contributed by atoms with Crippen molar-refractivity contribution in [1.82, 2.24) is 10.6 Å². The molecule has 0 bridgehead atoms. The number of hydrogen-bond donors (Lipinski definition) is 1. The van der Waals surface area contributed by atoms with Crippen LogP contribution in [0.2, 0.25) is 0 Å². The fraction of sp³-hybridized carbons (Fsp3) is 1.00. The van der Waals surface area contributed by atoms with Gasteiger partial charge in [-0.2, -0.15) is 0 Å². The minimum atomic E-state index is 0.596. The first-order valence-electron chi connectivity index (χ1n) is 3.18. The largest absolute Gasteiger partial charge is 0.309 e. The summed E-state index contributed by atoms with van der Waals surface area (Å²) >= 11 is 0. The molecule has 0 aliphatic carbocycles. The van der Waals surface area contributed by atoms with Crippen LogP contribution in [0.25, 0.3) is 0 Å². The molecule has 1 rings (SSSR count). The maximum atomic E-state index is 4.28. The molecule has 0 spiro atoms. The molecular weight excluding hydrogens is 100 g/mol. The topological polar surface area (TPSA) is 26.1 Å². The van der Waals surface area contributed by atoms with Crippen molar-refractivity contribution in [3.63, 3.8) is 0 Å². The molecular formula is C6H13N2. The Hall–Kier alpha value is -0.0800. The second-order valence-electron chi connectivity index (χ2n) is 2.56. The van der Waals surface area contributed by atoms with E-state index in [0.717, 1.165) is 13.1 Å². The van der Waals surface area contributed by atoms with Gasteiger partial charge in [-0.15, -0.1) is 0 Å². The first-order valence-corrected chi connectivity index (χ1v) is 3.18. The van der Waals surface area contributed by atoms with Crippen LogP contribution in [0.15, 0.2) is 0 Å². The SMILES string of the molecule is CC1C[N]CC(C)N1. The molecule has 2 atom stereocenters. The smallest absolute Gasteiger partial charge is 0.0285 e. The van der Waals surface area contributed by atoms with Crippen molar-refractivity contribution in [3.05, 3.63) is 0 Å². The van der Waals surface area contributed by atoms with Gasteiger partial charge in [0, 0.05) is 25.2 Å². The van der Waals surface area contributed by atoms with E-state index in [1.807, 2.05) is 0 Å². The highest BCUT2D eigenvalue weighted by atomic mass is 15.1. The third kappa shape index (κ3) is 1.46. The molecule has 1 aliphatic rings. The van der Waals surface area contributed by atoms with Crippen molar-refractivity contribution < 1.29 is 0 Å². The molecule has 1 aliphatic heterocycles. The third-order valence-corrected chi connectivity index (χ3v) is 1.37. The maximum Gasteiger partial charge on any atom is 0.0285 e. The summed E-state index contributed by atoms with van der Waals surface area (Å²) in [5.74, 6) is 0. The number of piperazine rings is 1. The highest BCUT2D eigenvalue weighted by molar-refractivity contribution is 4.76. The number of nitrogens with one attached hydrogen (secondary N) is 1. The second kappa shape index (κ2) is 2.46. The first-order chi connectivity index (χ1) is 3.79. The lowest BCUT2D eigenvalue weighted by atomic mass is 10.2. The Kier molecular flexibility index (Phi) is 1.86. The lowest BCUT2D eigenvalue weighted by molar-refractivity contribution is 0.365. The van der Waals surface area contributed by atoms with Crippen LogP contribution in [0.5, 0.6) is 0 Å². The lowest BCUT2D eigenvalue weighted by Crippen LogP contribution is -2.49. The predicted molar refractivity (Wildman–Crippen MR) is 33.9 cm³/mol. The van der Waals surface area contributed by atoms with E-state index in [0.29, 0.717) is 12.1 Å². The molecule has 8 heavy (non-hydrogen) atoms. The Morgan fingerprint density at radius 1 is 1.25 bits per heavy atom. The molecule has 0 amide bonds. The van der Waals surface area contributed by atoms with Crippen LogP contribution in [0.1, 0.15) is 13.8 Å². The molecule has 0 aromatic rings. The van der Waals surface area contributed by atoms with Crippen LogP contribution < -0.4 is 10.6 Å². The molecule has 2 heteroatoms. The zero-order valence-electron chi connectivity index (χ0n) is 5.52. The zero-order valence-corrected chi connectivity index (χ0v) is 5.52. The van der Waals surface area contributed by atoms with Gasteiger partial charge in [-0.05, 0) is 13.8 Å². The van der Waals surface area contributed by atoms with Crippen molar-refractivity contribution in [1.29, 1.82) is 0 Å². The molecule has 47 valence electrons.